The molecule has 1 N–H and O–H groups in total. The number of hydrogen-bond acceptors (Lipinski definition) is 4. The third-order valence-corrected chi connectivity index (χ3v) is 5.17. The Labute approximate surface area is 118 Å². The van der Waals surface area contributed by atoms with Crippen LogP contribution in [0.4, 0.5) is 0 Å². The Morgan fingerprint density at radius 3 is 2.21 bits per heavy atom. The van der Waals surface area contributed by atoms with Crippen LogP contribution in [0.2, 0.25) is 0 Å². The summed E-state index contributed by atoms with van der Waals surface area (Å²) < 4.78 is 24.5. The van der Waals surface area contributed by atoms with Crippen molar-refractivity contribution in [2.45, 2.75) is 26.7 Å². The number of piperazine rings is 1. The van der Waals surface area contributed by atoms with E-state index in [0.717, 1.165) is 26.2 Å². The minimum absolute atomic E-state index is 0.275. The molecule has 1 atom stereocenters. The second-order valence-corrected chi connectivity index (χ2v) is 8.01. The maximum absolute atomic E-state index is 11.5. The number of rotatable bonds is 7. The van der Waals surface area contributed by atoms with Gasteiger partial charge in [-0.05, 0) is 18.9 Å². The highest BCUT2D eigenvalue weighted by molar-refractivity contribution is 7.88. The van der Waals surface area contributed by atoms with Gasteiger partial charge in [-0.25, -0.2) is 8.42 Å². The molecular weight excluding hydrogens is 262 g/mol. The van der Waals surface area contributed by atoms with Gasteiger partial charge in [-0.15, -0.1) is 0 Å². The van der Waals surface area contributed by atoms with Gasteiger partial charge in [0.1, 0.15) is 0 Å². The first-order chi connectivity index (χ1) is 8.80. The molecule has 0 aromatic rings. The number of sulfonamides is 1. The zero-order chi connectivity index (χ0) is 14.5. The van der Waals surface area contributed by atoms with Gasteiger partial charge >= 0.3 is 0 Å². The number of nitrogens with zero attached hydrogens (tertiary/aromatic N) is 2. The zero-order valence-electron chi connectivity index (χ0n) is 12.8. The molecule has 0 aromatic carbocycles. The van der Waals surface area contributed by atoms with Crippen LogP contribution in [0.15, 0.2) is 0 Å². The van der Waals surface area contributed by atoms with E-state index in [4.69, 9.17) is 0 Å². The maximum atomic E-state index is 11.5. The average Bonchev–Trinajstić information content (AvgIpc) is 2.28. The Morgan fingerprint density at radius 2 is 1.79 bits per heavy atom. The molecule has 0 spiro atoms. The summed E-state index contributed by atoms with van der Waals surface area (Å²) in [6, 6.07) is 0. The van der Waals surface area contributed by atoms with Crippen LogP contribution >= 0.6 is 0 Å². The minimum atomic E-state index is -3.02. The lowest BCUT2D eigenvalue weighted by atomic mass is 9.84. The topological polar surface area (TPSA) is 52.6 Å². The third kappa shape index (κ3) is 5.38. The molecule has 1 saturated heterocycles. The van der Waals surface area contributed by atoms with E-state index in [1.54, 1.807) is 4.31 Å². The molecule has 1 aliphatic rings. The van der Waals surface area contributed by atoms with E-state index < -0.39 is 10.0 Å². The summed E-state index contributed by atoms with van der Waals surface area (Å²) in [5.74, 6) is 0. The van der Waals surface area contributed by atoms with Crippen molar-refractivity contribution in [3.8, 4) is 0 Å². The van der Waals surface area contributed by atoms with Gasteiger partial charge in [-0.1, -0.05) is 20.3 Å². The Hall–Kier alpha value is -0.170. The molecule has 1 heterocycles. The lowest BCUT2D eigenvalue weighted by molar-refractivity contribution is 0.116. The van der Waals surface area contributed by atoms with E-state index in [9.17, 15) is 8.42 Å². The SMILES string of the molecule is CCCC(C)(CNC)CN1CCN(S(C)(=O)=O)CC1. The van der Waals surface area contributed by atoms with Gasteiger partial charge in [-0.3, -0.25) is 0 Å². The van der Waals surface area contributed by atoms with Gasteiger partial charge < -0.3 is 10.2 Å². The number of nitrogens with one attached hydrogen (secondary N) is 1. The van der Waals surface area contributed by atoms with E-state index in [0.29, 0.717) is 13.1 Å². The van der Waals surface area contributed by atoms with Crippen molar-refractivity contribution in [2.24, 2.45) is 5.41 Å². The first-order valence-electron chi connectivity index (χ1n) is 7.13. The van der Waals surface area contributed by atoms with Gasteiger partial charge in [0.05, 0.1) is 6.26 Å². The van der Waals surface area contributed by atoms with Crippen molar-refractivity contribution >= 4 is 10.0 Å². The van der Waals surface area contributed by atoms with Crippen LogP contribution in [-0.4, -0.2) is 70.2 Å². The molecule has 6 heteroatoms. The van der Waals surface area contributed by atoms with Crippen molar-refractivity contribution in [1.82, 2.24) is 14.5 Å². The minimum Gasteiger partial charge on any atom is -0.319 e. The molecule has 1 fully saturated rings. The molecule has 0 radical (unpaired) electrons. The van der Waals surface area contributed by atoms with E-state index in [1.807, 2.05) is 7.05 Å². The molecule has 1 rings (SSSR count). The second-order valence-electron chi connectivity index (χ2n) is 6.03. The predicted molar refractivity (Wildman–Crippen MR) is 79.8 cm³/mol. The number of hydrogen-bond donors (Lipinski definition) is 1. The summed E-state index contributed by atoms with van der Waals surface area (Å²) in [6.07, 6.45) is 3.67. The largest absolute Gasteiger partial charge is 0.319 e. The van der Waals surface area contributed by atoms with Gasteiger partial charge in [0, 0.05) is 39.3 Å². The Morgan fingerprint density at radius 1 is 1.21 bits per heavy atom. The quantitative estimate of drug-likeness (QED) is 0.746. The van der Waals surface area contributed by atoms with Crippen LogP contribution in [-0.2, 0) is 10.0 Å². The van der Waals surface area contributed by atoms with E-state index in [-0.39, 0.29) is 5.41 Å². The van der Waals surface area contributed by atoms with E-state index in [1.165, 1.54) is 19.1 Å². The summed E-state index contributed by atoms with van der Waals surface area (Å²) in [5.41, 5.74) is 0.275. The monoisotopic (exact) mass is 291 g/mol. The van der Waals surface area contributed by atoms with Gasteiger partial charge in [0.2, 0.25) is 10.0 Å². The normalized spacial score (nSPS) is 22.3. The van der Waals surface area contributed by atoms with Crippen LogP contribution in [0.5, 0.6) is 0 Å². The molecule has 1 unspecified atom stereocenters. The van der Waals surface area contributed by atoms with Gasteiger partial charge in [-0.2, -0.15) is 4.31 Å². The lowest BCUT2D eigenvalue weighted by Gasteiger charge is -2.39. The van der Waals surface area contributed by atoms with Crippen molar-refractivity contribution in [3.05, 3.63) is 0 Å². The Balaban J connectivity index is 2.51. The van der Waals surface area contributed by atoms with Crippen LogP contribution in [0.1, 0.15) is 26.7 Å². The zero-order valence-corrected chi connectivity index (χ0v) is 13.6. The van der Waals surface area contributed by atoms with E-state index >= 15 is 0 Å². The molecular formula is C13H29N3O2S. The van der Waals surface area contributed by atoms with Crippen LogP contribution in [0, 0.1) is 5.41 Å². The molecule has 114 valence electrons. The molecule has 1 aliphatic heterocycles. The standard InChI is InChI=1S/C13H29N3O2S/c1-5-6-13(2,11-14-3)12-15-7-9-16(10-8-15)19(4,17)18/h14H,5-12H2,1-4H3. The average molecular weight is 291 g/mol. The first kappa shape index (κ1) is 16.9. The highest BCUT2D eigenvalue weighted by atomic mass is 32.2. The fraction of sp³-hybridized carbons (Fsp3) is 1.00. The molecule has 0 aromatic heterocycles. The molecule has 5 nitrogen and oxygen atoms in total. The highest BCUT2D eigenvalue weighted by Crippen LogP contribution is 2.24. The summed E-state index contributed by atoms with van der Waals surface area (Å²) in [7, 11) is -1.02. The van der Waals surface area contributed by atoms with Crippen LogP contribution in [0.25, 0.3) is 0 Å². The molecule has 0 bridgehead atoms. The van der Waals surface area contributed by atoms with Crippen LogP contribution in [0.3, 0.4) is 0 Å². The van der Waals surface area contributed by atoms with Crippen molar-refractivity contribution in [1.29, 1.82) is 0 Å². The lowest BCUT2D eigenvalue weighted by Crippen LogP contribution is -2.52. The fourth-order valence-electron chi connectivity index (χ4n) is 3.01. The Bertz CT molecular complexity index is 356. The van der Waals surface area contributed by atoms with Crippen LogP contribution < -0.4 is 5.32 Å². The molecule has 19 heavy (non-hydrogen) atoms. The second kappa shape index (κ2) is 7.02. The van der Waals surface area contributed by atoms with E-state index in [2.05, 4.69) is 24.1 Å². The van der Waals surface area contributed by atoms with Crippen molar-refractivity contribution in [3.63, 3.8) is 0 Å². The summed E-state index contributed by atoms with van der Waals surface area (Å²) >= 11 is 0. The molecule has 0 saturated carbocycles. The van der Waals surface area contributed by atoms with Crippen molar-refractivity contribution < 1.29 is 8.42 Å². The Kier molecular flexibility index (Phi) is 6.23. The van der Waals surface area contributed by atoms with Crippen molar-refractivity contribution in [2.75, 3.05) is 52.6 Å². The summed E-state index contributed by atoms with van der Waals surface area (Å²) in [5, 5.41) is 3.28. The van der Waals surface area contributed by atoms with Gasteiger partial charge in [0.15, 0.2) is 0 Å². The maximum Gasteiger partial charge on any atom is 0.211 e. The summed E-state index contributed by atoms with van der Waals surface area (Å²) in [4.78, 5) is 2.40. The predicted octanol–water partition coefficient (Wildman–Crippen LogP) is 0.589. The summed E-state index contributed by atoms with van der Waals surface area (Å²) in [6.45, 7) is 9.52. The molecule has 0 aliphatic carbocycles. The van der Waals surface area contributed by atoms with Gasteiger partial charge in [0.25, 0.3) is 0 Å². The third-order valence-electron chi connectivity index (χ3n) is 3.86. The smallest absolute Gasteiger partial charge is 0.211 e. The highest BCUT2D eigenvalue weighted by Gasteiger charge is 2.29. The fourth-order valence-corrected chi connectivity index (χ4v) is 3.84. The first-order valence-corrected chi connectivity index (χ1v) is 8.97. The molecule has 0 amide bonds.